The van der Waals surface area contributed by atoms with Crippen molar-refractivity contribution in [3.05, 3.63) is 35.9 Å². The highest BCUT2D eigenvalue weighted by molar-refractivity contribution is 5.47. The number of pyridine rings is 1. The summed E-state index contributed by atoms with van der Waals surface area (Å²) in [5.41, 5.74) is 2.37. The van der Waals surface area contributed by atoms with E-state index in [0.717, 1.165) is 30.8 Å². The van der Waals surface area contributed by atoms with Gasteiger partial charge >= 0.3 is 0 Å². The first kappa shape index (κ1) is 8.92. The fourth-order valence-corrected chi connectivity index (χ4v) is 2.25. The Labute approximate surface area is 88.7 Å². The Balaban J connectivity index is 2.18. The van der Waals surface area contributed by atoms with Gasteiger partial charge in [0.1, 0.15) is 11.9 Å². The first-order chi connectivity index (χ1) is 7.36. The van der Waals surface area contributed by atoms with Gasteiger partial charge in [-0.2, -0.15) is 0 Å². The topological polar surface area (TPSA) is 26.5 Å². The molecule has 3 rings (SSSR count). The van der Waals surface area contributed by atoms with Crippen molar-refractivity contribution in [2.45, 2.75) is 25.9 Å². The number of fused-ring (bicyclic) bond motifs is 1. The van der Waals surface area contributed by atoms with Crippen molar-refractivity contribution in [2.24, 2.45) is 0 Å². The molecule has 1 aliphatic heterocycles. The van der Waals surface area contributed by atoms with Crippen LogP contribution in [-0.4, -0.2) is 16.0 Å². The highest BCUT2D eigenvalue weighted by Gasteiger charge is 2.22. The summed E-state index contributed by atoms with van der Waals surface area (Å²) in [6.45, 7) is 2.97. The van der Waals surface area contributed by atoms with Crippen molar-refractivity contribution >= 4 is 5.52 Å². The Morgan fingerprint density at radius 1 is 1.47 bits per heavy atom. The van der Waals surface area contributed by atoms with Crippen LogP contribution < -0.4 is 0 Å². The lowest BCUT2D eigenvalue weighted by atomic mass is 10.2. The molecule has 1 atom stereocenters. The van der Waals surface area contributed by atoms with E-state index in [2.05, 4.69) is 34.5 Å². The molecule has 1 unspecified atom stereocenters. The largest absolute Gasteiger partial charge is 0.370 e. The Morgan fingerprint density at radius 2 is 2.40 bits per heavy atom. The van der Waals surface area contributed by atoms with Gasteiger partial charge in [-0.3, -0.25) is 4.40 Å². The van der Waals surface area contributed by atoms with Crippen molar-refractivity contribution in [1.29, 1.82) is 0 Å². The zero-order valence-electron chi connectivity index (χ0n) is 8.81. The lowest BCUT2D eigenvalue weighted by Gasteiger charge is -2.10. The van der Waals surface area contributed by atoms with Crippen molar-refractivity contribution in [3.63, 3.8) is 0 Å². The van der Waals surface area contributed by atoms with E-state index in [1.807, 2.05) is 6.20 Å². The van der Waals surface area contributed by atoms with E-state index in [4.69, 9.17) is 4.74 Å². The van der Waals surface area contributed by atoms with Crippen molar-refractivity contribution in [2.75, 3.05) is 6.61 Å². The second-order valence-corrected chi connectivity index (χ2v) is 4.05. The molecule has 0 N–H and O–H groups in total. The molecule has 15 heavy (non-hydrogen) atoms. The van der Waals surface area contributed by atoms with Crippen molar-refractivity contribution in [3.8, 4) is 0 Å². The second-order valence-electron chi connectivity index (χ2n) is 4.05. The van der Waals surface area contributed by atoms with Gasteiger partial charge in [-0.25, -0.2) is 4.98 Å². The zero-order chi connectivity index (χ0) is 10.3. The molecule has 78 valence electrons. The molecule has 1 aliphatic rings. The number of nitrogens with zero attached hydrogens (tertiary/aromatic N) is 2. The molecule has 1 saturated heterocycles. The number of hydrogen-bond acceptors (Lipinski definition) is 2. The van der Waals surface area contributed by atoms with E-state index in [-0.39, 0.29) is 6.10 Å². The average Bonchev–Trinajstić information content (AvgIpc) is 2.85. The van der Waals surface area contributed by atoms with Gasteiger partial charge in [0.2, 0.25) is 0 Å². The second kappa shape index (κ2) is 3.35. The summed E-state index contributed by atoms with van der Waals surface area (Å²) in [6.07, 6.45) is 4.34. The summed E-state index contributed by atoms with van der Waals surface area (Å²) >= 11 is 0. The minimum atomic E-state index is 0.189. The molecule has 0 radical (unpaired) electrons. The maximum absolute atomic E-state index is 5.68. The van der Waals surface area contributed by atoms with Gasteiger partial charge in [-0.1, -0.05) is 6.07 Å². The molecular formula is C12H14N2O. The van der Waals surface area contributed by atoms with Gasteiger partial charge in [0.05, 0.1) is 11.7 Å². The van der Waals surface area contributed by atoms with Crippen molar-refractivity contribution < 1.29 is 4.74 Å². The molecule has 2 aromatic rings. The van der Waals surface area contributed by atoms with Gasteiger partial charge in [-0.15, -0.1) is 0 Å². The number of hydrogen-bond donors (Lipinski definition) is 0. The van der Waals surface area contributed by atoms with Crippen LogP contribution in [0.5, 0.6) is 0 Å². The third-order valence-corrected chi connectivity index (χ3v) is 2.99. The summed E-state index contributed by atoms with van der Waals surface area (Å²) in [5.74, 6) is 1.06. The fraction of sp³-hybridized carbons (Fsp3) is 0.417. The molecule has 3 nitrogen and oxygen atoms in total. The Kier molecular flexibility index (Phi) is 1.99. The van der Waals surface area contributed by atoms with Crippen LogP contribution in [0.2, 0.25) is 0 Å². The van der Waals surface area contributed by atoms with Crippen molar-refractivity contribution in [1.82, 2.24) is 9.38 Å². The Hall–Kier alpha value is -1.35. The molecule has 1 fully saturated rings. The third-order valence-electron chi connectivity index (χ3n) is 2.99. The number of aromatic nitrogens is 2. The number of ether oxygens (including phenoxy) is 1. The maximum Gasteiger partial charge on any atom is 0.142 e. The summed E-state index contributed by atoms with van der Waals surface area (Å²) in [5, 5.41) is 0. The van der Waals surface area contributed by atoms with Crippen LogP contribution >= 0.6 is 0 Å². The van der Waals surface area contributed by atoms with Gasteiger partial charge in [0, 0.05) is 12.3 Å². The van der Waals surface area contributed by atoms with Crippen LogP contribution in [0.3, 0.4) is 0 Å². The molecule has 0 amide bonds. The van der Waals surface area contributed by atoms with E-state index in [1.54, 1.807) is 0 Å². The third kappa shape index (κ3) is 1.35. The van der Waals surface area contributed by atoms with E-state index >= 15 is 0 Å². The van der Waals surface area contributed by atoms with Crippen LogP contribution in [0.1, 0.15) is 30.5 Å². The van der Waals surface area contributed by atoms with Crippen LogP contribution in [0.4, 0.5) is 0 Å². The lowest BCUT2D eigenvalue weighted by molar-refractivity contribution is 0.104. The average molecular weight is 202 g/mol. The molecule has 0 spiro atoms. The summed E-state index contributed by atoms with van der Waals surface area (Å²) in [6, 6.07) is 6.25. The highest BCUT2D eigenvalue weighted by atomic mass is 16.5. The molecule has 0 bridgehead atoms. The van der Waals surface area contributed by atoms with E-state index < -0.39 is 0 Å². The first-order valence-electron chi connectivity index (χ1n) is 5.41. The first-order valence-corrected chi connectivity index (χ1v) is 5.41. The molecule has 0 aromatic carbocycles. The van der Waals surface area contributed by atoms with E-state index in [0.29, 0.717) is 0 Å². The predicted molar refractivity (Wildman–Crippen MR) is 57.9 cm³/mol. The minimum absolute atomic E-state index is 0.189. The van der Waals surface area contributed by atoms with Crippen LogP contribution in [-0.2, 0) is 4.74 Å². The monoisotopic (exact) mass is 202 g/mol. The Bertz CT molecular complexity index is 483. The van der Waals surface area contributed by atoms with Gasteiger partial charge in [0.15, 0.2) is 0 Å². The van der Waals surface area contributed by atoms with Crippen LogP contribution in [0.15, 0.2) is 24.4 Å². The Morgan fingerprint density at radius 3 is 3.20 bits per heavy atom. The smallest absolute Gasteiger partial charge is 0.142 e. The summed E-state index contributed by atoms with van der Waals surface area (Å²) < 4.78 is 7.87. The zero-order valence-corrected chi connectivity index (χ0v) is 8.81. The number of rotatable bonds is 1. The van der Waals surface area contributed by atoms with Gasteiger partial charge < -0.3 is 4.74 Å². The maximum atomic E-state index is 5.68. The minimum Gasteiger partial charge on any atom is -0.370 e. The van der Waals surface area contributed by atoms with Crippen LogP contribution in [0, 0.1) is 6.92 Å². The molecular weight excluding hydrogens is 188 g/mol. The molecule has 3 heteroatoms. The lowest BCUT2D eigenvalue weighted by Crippen LogP contribution is -2.04. The SMILES string of the molecule is Cc1cccc2cnc(C3CCCO3)n12. The standard InChI is InChI=1S/C12H14N2O/c1-9-4-2-5-10-8-13-12(14(9)10)11-6-3-7-15-11/h2,4-5,8,11H,3,6-7H2,1H3. The summed E-state index contributed by atoms with van der Waals surface area (Å²) in [7, 11) is 0. The number of aryl methyl sites for hydroxylation is 1. The predicted octanol–water partition coefficient (Wildman–Crippen LogP) is 2.49. The van der Waals surface area contributed by atoms with E-state index in [1.165, 1.54) is 5.69 Å². The van der Waals surface area contributed by atoms with Gasteiger partial charge in [0.25, 0.3) is 0 Å². The molecule has 0 saturated carbocycles. The summed E-state index contributed by atoms with van der Waals surface area (Å²) in [4.78, 5) is 4.48. The molecule has 2 aromatic heterocycles. The van der Waals surface area contributed by atoms with Crippen LogP contribution in [0.25, 0.3) is 5.52 Å². The normalized spacial score (nSPS) is 21.3. The fourth-order valence-electron chi connectivity index (χ4n) is 2.25. The van der Waals surface area contributed by atoms with E-state index in [9.17, 15) is 0 Å². The number of imidazole rings is 1. The molecule has 3 heterocycles. The molecule has 0 aliphatic carbocycles. The highest BCUT2D eigenvalue weighted by Crippen LogP contribution is 2.28. The quantitative estimate of drug-likeness (QED) is 0.710. The van der Waals surface area contributed by atoms with Gasteiger partial charge in [-0.05, 0) is 31.9 Å².